The lowest BCUT2D eigenvalue weighted by atomic mass is 10.0. The van der Waals surface area contributed by atoms with E-state index in [2.05, 4.69) is 56.2 Å². The normalized spacial score (nSPS) is 21.4. The van der Waals surface area contributed by atoms with Crippen molar-refractivity contribution >= 4 is 29.0 Å². The minimum Gasteiger partial charge on any atom is -0.495 e. The molecule has 2 atom stereocenters. The van der Waals surface area contributed by atoms with E-state index in [0.717, 1.165) is 55.8 Å². The van der Waals surface area contributed by atoms with Gasteiger partial charge in [-0.25, -0.2) is 4.98 Å². The topological polar surface area (TPSA) is 116 Å². The third-order valence-corrected chi connectivity index (χ3v) is 8.91. The summed E-state index contributed by atoms with van der Waals surface area (Å²) >= 11 is 0. The maximum absolute atomic E-state index is 13.2. The van der Waals surface area contributed by atoms with Gasteiger partial charge < -0.3 is 29.2 Å². The average Bonchev–Trinajstić information content (AvgIpc) is 3.78. The second-order valence-corrected chi connectivity index (χ2v) is 11.8. The molecule has 3 aliphatic rings. The summed E-state index contributed by atoms with van der Waals surface area (Å²) in [6.45, 7) is 4.72. The van der Waals surface area contributed by atoms with Crippen LogP contribution in [0.5, 0.6) is 5.75 Å². The van der Waals surface area contributed by atoms with Gasteiger partial charge in [0.15, 0.2) is 5.82 Å². The van der Waals surface area contributed by atoms with Gasteiger partial charge in [0.2, 0.25) is 23.6 Å². The predicted octanol–water partition coefficient (Wildman–Crippen LogP) is 3.92. The van der Waals surface area contributed by atoms with E-state index in [1.165, 1.54) is 12.8 Å². The summed E-state index contributed by atoms with van der Waals surface area (Å²) in [7, 11) is 7.68. The number of anilines is 4. The zero-order chi connectivity index (χ0) is 29.4. The van der Waals surface area contributed by atoms with Crippen LogP contribution in [0.15, 0.2) is 28.8 Å². The number of carbonyl (C=O) groups excluding carboxylic acids is 1. The first kappa shape index (κ1) is 28.4. The van der Waals surface area contributed by atoms with E-state index in [0.29, 0.717) is 47.8 Å². The molecule has 1 amide bonds. The highest BCUT2D eigenvalue weighted by atomic mass is 16.5. The first-order valence-corrected chi connectivity index (χ1v) is 15.0. The molecule has 3 aromatic rings. The highest BCUT2D eigenvalue weighted by Gasteiger charge is 2.41. The SMILES string of the molecule is CCC1C(=O)N(C)c2cnc(Nc3ccc(-c4nnc(CN5CCC(N(C)C)C5)o4)cc3OC)nc2N1C1CCCC1. The average molecular weight is 576 g/mol. The number of methoxy groups -OCH3 is 1. The Morgan fingerprint density at radius 3 is 2.69 bits per heavy atom. The zero-order valence-corrected chi connectivity index (χ0v) is 25.2. The minimum atomic E-state index is -0.221. The number of fused-ring (bicyclic) bond motifs is 1. The summed E-state index contributed by atoms with van der Waals surface area (Å²) in [6.07, 6.45) is 8.09. The molecule has 1 saturated heterocycles. The number of amides is 1. The van der Waals surface area contributed by atoms with Crippen molar-refractivity contribution in [1.82, 2.24) is 30.0 Å². The highest BCUT2D eigenvalue weighted by Crippen LogP contribution is 2.40. The van der Waals surface area contributed by atoms with Gasteiger partial charge in [-0.2, -0.15) is 4.98 Å². The first-order chi connectivity index (χ1) is 20.4. The van der Waals surface area contributed by atoms with Crippen LogP contribution in [0.4, 0.5) is 23.1 Å². The zero-order valence-electron chi connectivity index (χ0n) is 25.2. The van der Waals surface area contributed by atoms with E-state index in [1.807, 2.05) is 25.2 Å². The van der Waals surface area contributed by atoms with Crippen molar-refractivity contribution in [2.24, 2.45) is 0 Å². The van der Waals surface area contributed by atoms with Crippen LogP contribution >= 0.6 is 0 Å². The molecule has 0 radical (unpaired) electrons. The fourth-order valence-corrected chi connectivity index (χ4v) is 6.49. The Balaban J connectivity index is 1.21. The van der Waals surface area contributed by atoms with Crippen molar-refractivity contribution in [3.63, 3.8) is 0 Å². The summed E-state index contributed by atoms with van der Waals surface area (Å²) in [5, 5.41) is 11.9. The van der Waals surface area contributed by atoms with Crippen LogP contribution in [-0.2, 0) is 11.3 Å². The lowest BCUT2D eigenvalue weighted by Crippen LogP contribution is -2.55. The molecule has 0 spiro atoms. The largest absolute Gasteiger partial charge is 0.495 e. The Labute approximate surface area is 247 Å². The number of hydrogen-bond acceptors (Lipinski definition) is 11. The van der Waals surface area contributed by atoms with E-state index in [-0.39, 0.29) is 11.9 Å². The number of nitrogens with one attached hydrogen (secondary N) is 1. The number of ether oxygens (including phenoxy) is 1. The van der Waals surface area contributed by atoms with Crippen LogP contribution in [-0.4, -0.2) is 95.3 Å². The molecule has 0 bridgehead atoms. The van der Waals surface area contributed by atoms with Gasteiger partial charge in [-0.15, -0.1) is 10.2 Å². The molecule has 2 unspecified atom stereocenters. The third kappa shape index (κ3) is 5.40. The van der Waals surface area contributed by atoms with Crippen molar-refractivity contribution in [2.45, 2.75) is 70.1 Å². The Hall–Kier alpha value is -3.77. The van der Waals surface area contributed by atoms with E-state index in [4.69, 9.17) is 14.1 Å². The smallest absolute Gasteiger partial charge is 0.249 e. The van der Waals surface area contributed by atoms with Gasteiger partial charge in [-0.3, -0.25) is 9.69 Å². The van der Waals surface area contributed by atoms with E-state index in [1.54, 1.807) is 18.2 Å². The van der Waals surface area contributed by atoms with E-state index in [9.17, 15) is 4.79 Å². The van der Waals surface area contributed by atoms with Gasteiger partial charge in [-0.1, -0.05) is 19.8 Å². The number of nitrogens with zero attached hydrogens (tertiary/aromatic N) is 8. The van der Waals surface area contributed by atoms with Gasteiger partial charge in [0, 0.05) is 37.8 Å². The van der Waals surface area contributed by atoms with Gasteiger partial charge in [0.1, 0.15) is 17.5 Å². The number of likely N-dealkylation sites (tertiary alicyclic amines) is 1. The molecule has 224 valence electrons. The lowest BCUT2D eigenvalue weighted by Gasteiger charge is -2.43. The Morgan fingerprint density at radius 2 is 1.98 bits per heavy atom. The molecule has 12 nitrogen and oxygen atoms in total. The molecule has 42 heavy (non-hydrogen) atoms. The Bertz CT molecular complexity index is 1420. The van der Waals surface area contributed by atoms with Crippen molar-refractivity contribution < 1.29 is 13.9 Å². The molecule has 1 N–H and O–H groups in total. The molecule has 1 aliphatic carbocycles. The monoisotopic (exact) mass is 575 g/mol. The molecule has 1 saturated carbocycles. The second-order valence-electron chi connectivity index (χ2n) is 11.8. The molecule has 4 heterocycles. The maximum Gasteiger partial charge on any atom is 0.249 e. The summed E-state index contributed by atoms with van der Waals surface area (Å²) in [4.78, 5) is 31.3. The van der Waals surface area contributed by atoms with Crippen molar-refractivity contribution in [3.05, 3.63) is 30.3 Å². The quantitative estimate of drug-likeness (QED) is 0.400. The van der Waals surface area contributed by atoms with Crippen molar-refractivity contribution in [1.29, 1.82) is 0 Å². The predicted molar refractivity (Wildman–Crippen MR) is 161 cm³/mol. The number of hydrogen-bond donors (Lipinski definition) is 1. The van der Waals surface area contributed by atoms with E-state index < -0.39 is 0 Å². The number of rotatable bonds is 9. The Morgan fingerprint density at radius 1 is 1.17 bits per heavy atom. The van der Waals surface area contributed by atoms with Crippen LogP contribution < -0.4 is 19.9 Å². The number of carbonyl (C=O) groups is 1. The van der Waals surface area contributed by atoms with Crippen LogP contribution in [0, 0.1) is 0 Å². The molecular weight excluding hydrogens is 534 g/mol. The lowest BCUT2D eigenvalue weighted by molar-refractivity contribution is -0.120. The molecule has 6 rings (SSSR count). The molecule has 2 aromatic heterocycles. The van der Waals surface area contributed by atoms with Crippen LogP contribution in [0.1, 0.15) is 51.3 Å². The summed E-state index contributed by atoms with van der Waals surface area (Å²) in [5.74, 6) is 3.01. The van der Waals surface area contributed by atoms with Gasteiger partial charge in [0.25, 0.3) is 0 Å². The van der Waals surface area contributed by atoms with E-state index >= 15 is 0 Å². The van der Waals surface area contributed by atoms with Gasteiger partial charge >= 0.3 is 0 Å². The van der Waals surface area contributed by atoms with Crippen molar-refractivity contribution in [2.75, 3.05) is 56.5 Å². The van der Waals surface area contributed by atoms with Gasteiger partial charge in [-0.05, 0) is 58.0 Å². The number of likely N-dealkylation sites (N-methyl/N-ethyl adjacent to an activating group) is 2. The number of benzene rings is 1. The summed E-state index contributed by atoms with van der Waals surface area (Å²) < 4.78 is 11.8. The standard InChI is InChI=1S/C30H41N9O3/c1-6-23-29(40)37(4)24-16-31-30(33-27(24)39(23)20-9-7-8-10-20)32-22-12-11-19(15-25(22)41-5)28-35-34-26(42-28)18-38-14-13-21(17-38)36(2)3/h11-12,15-16,20-21,23H,6-10,13-14,17-18H2,1-5H3,(H,31,32,33). The third-order valence-electron chi connectivity index (χ3n) is 8.91. The molecular formula is C30H41N9O3. The fourth-order valence-electron chi connectivity index (χ4n) is 6.49. The number of aromatic nitrogens is 4. The molecule has 2 fully saturated rings. The second kappa shape index (κ2) is 11.8. The van der Waals surface area contributed by atoms with Gasteiger partial charge in [0.05, 0.1) is 25.5 Å². The molecule has 1 aromatic carbocycles. The Kier molecular flexibility index (Phi) is 8.00. The summed E-state index contributed by atoms with van der Waals surface area (Å²) in [6, 6.07) is 6.34. The minimum absolute atomic E-state index is 0.0980. The fraction of sp³-hybridized carbons (Fsp3) is 0.567. The first-order valence-electron chi connectivity index (χ1n) is 15.0. The molecule has 12 heteroatoms. The maximum atomic E-state index is 13.2. The van der Waals surface area contributed by atoms with Crippen LogP contribution in [0.2, 0.25) is 0 Å². The molecule has 2 aliphatic heterocycles. The van der Waals surface area contributed by atoms with Crippen molar-refractivity contribution in [3.8, 4) is 17.2 Å². The van der Waals surface area contributed by atoms with Crippen LogP contribution in [0.25, 0.3) is 11.5 Å². The summed E-state index contributed by atoms with van der Waals surface area (Å²) in [5.41, 5.74) is 2.23. The van der Waals surface area contributed by atoms with Crippen LogP contribution in [0.3, 0.4) is 0 Å². The highest BCUT2D eigenvalue weighted by molar-refractivity contribution is 6.04.